The first-order valence-corrected chi connectivity index (χ1v) is 6.97. The summed E-state index contributed by atoms with van der Waals surface area (Å²) in [6, 6.07) is 6.89. The third-order valence-corrected chi connectivity index (χ3v) is 4.85. The van der Waals surface area contributed by atoms with Gasteiger partial charge in [-0.3, -0.25) is 4.79 Å². The van der Waals surface area contributed by atoms with Crippen molar-refractivity contribution in [3.63, 3.8) is 0 Å². The van der Waals surface area contributed by atoms with Crippen molar-refractivity contribution in [1.29, 1.82) is 0 Å². The van der Waals surface area contributed by atoms with Crippen molar-refractivity contribution in [1.82, 2.24) is 5.32 Å². The van der Waals surface area contributed by atoms with Gasteiger partial charge in [0.1, 0.15) is 0 Å². The Hall–Kier alpha value is -0.830. The lowest BCUT2D eigenvalue weighted by molar-refractivity contribution is -0.125. The Morgan fingerprint density at radius 1 is 1.41 bits per heavy atom. The topological polar surface area (TPSA) is 29.1 Å². The van der Waals surface area contributed by atoms with Gasteiger partial charge < -0.3 is 5.32 Å². The Balaban J connectivity index is 2.07. The summed E-state index contributed by atoms with van der Waals surface area (Å²) in [5.74, 6) is 0.216. The molecule has 0 bridgehead atoms. The van der Waals surface area contributed by atoms with Crippen LogP contribution in [0.4, 0.5) is 0 Å². The van der Waals surface area contributed by atoms with Crippen LogP contribution >= 0.6 is 15.9 Å². The number of fused-ring (bicyclic) bond motifs is 3. The molecule has 0 radical (unpaired) electrons. The van der Waals surface area contributed by atoms with Gasteiger partial charge in [0, 0.05) is 22.4 Å². The van der Waals surface area contributed by atoms with Crippen LogP contribution in [0.5, 0.6) is 0 Å². The molecule has 3 heteroatoms. The Kier molecular flexibility index (Phi) is 2.54. The van der Waals surface area contributed by atoms with Crippen LogP contribution in [0.3, 0.4) is 0 Å². The molecule has 17 heavy (non-hydrogen) atoms. The number of hydrogen-bond acceptors (Lipinski definition) is 1. The van der Waals surface area contributed by atoms with Gasteiger partial charge in [0.25, 0.3) is 0 Å². The van der Waals surface area contributed by atoms with Crippen LogP contribution in [0, 0.1) is 0 Å². The van der Waals surface area contributed by atoms with Crippen molar-refractivity contribution in [2.24, 2.45) is 0 Å². The molecular weight excluding hydrogens is 278 g/mol. The third-order valence-electron chi connectivity index (χ3n) is 4.36. The zero-order valence-electron chi connectivity index (χ0n) is 9.92. The minimum atomic E-state index is 0.127. The summed E-state index contributed by atoms with van der Waals surface area (Å²) in [7, 11) is 0. The number of rotatable bonds is 0. The molecule has 1 aromatic rings. The van der Waals surface area contributed by atoms with Crippen molar-refractivity contribution in [2.45, 2.75) is 44.1 Å². The van der Waals surface area contributed by atoms with E-state index in [0.29, 0.717) is 12.5 Å². The highest BCUT2D eigenvalue weighted by Gasteiger charge is 2.43. The van der Waals surface area contributed by atoms with Crippen LogP contribution in [-0.2, 0) is 16.6 Å². The van der Waals surface area contributed by atoms with E-state index >= 15 is 0 Å². The number of piperidine rings is 1. The molecule has 1 aromatic carbocycles. The van der Waals surface area contributed by atoms with E-state index in [-0.39, 0.29) is 11.3 Å². The predicted molar refractivity (Wildman–Crippen MR) is 71.0 cm³/mol. The van der Waals surface area contributed by atoms with Crippen LogP contribution in [0.25, 0.3) is 0 Å². The van der Waals surface area contributed by atoms with Crippen molar-refractivity contribution in [2.75, 3.05) is 0 Å². The first-order chi connectivity index (χ1) is 8.09. The highest BCUT2D eigenvalue weighted by Crippen LogP contribution is 2.43. The van der Waals surface area contributed by atoms with Gasteiger partial charge in [0.2, 0.25) is 5.91 Å². The first kappa shape index (κ1) is 11.3. The average molecular weight is 294 g/mol. The van der Waals surface area contributed by atoms with E-state index in [9.17, 15) is 4.79 Å². The summed E-state index contributed by atoms with van der Waals surface area (Å²) < 4.78 is 1.15. The van der Waals surface area contributed by atoms with Crippen LogP contribution in [0.1, 0.15) is 37.3 Å². The molecule has 2 aliphatic rings. The van der Waals surface area contributed by atoms with Gasteiger partial charge in [0.15, 0.2) is 0 Å². The van der Waals surface area contributed by atoms with Gasteiger partial charge in [-0.2, -0.15) is 0 Å². The van der Waals surface area contributed by atoms with Gasteiger partial charge in [0.05, 0.1) is 0 Å². The molecule has 0 unspecified atom stereocenters. The standard InChI is InChI=1S/C14H16BrNO/c1-14-7-6-13(17)16-12(14)5-2-9-8-10(15)3-4-11(9)14/h3-4,8,12H,2,5-7H2,1H3,(H,16,17)/t12-,14-/m0/s1. The Morgan fingerprint density at radius 2 is 2.24 bits per heavy atom. The quantitative estimate of drug-likeness (QED) is 0.783. The number of nitrogens with one attached hydrogen (secondary N) is 1. The summed E-state index contributed by atoms with van der Waals surface area (Å²) in [5.41, 5.74) is 2.99. The van der Waals surface area contributed by atoms with Crippen molar-refractivity contribution >= 4 is 21.8 Å². The van der Waals surface area contributed by atoms with E-state index in [4.69, 9.17) is 0 Å². The van der Waals surface area contributed by atoms with Crippen molar-refractivity contribution < 1.29 is 4.79 Å². The van der Waals surface area contributed by atoms with Gasteiger partial charge in [-0.25, -0.2) is 0 Å². The van der Waals surface area contributed by atoms with Crippen LogP contribution in [0.2, 0.25) is 0 Å². The first-order valence-electron chi connectivity index (χ1n) is 6.18. The number of carbonyl (C=O) groups is 1. The SMILES string of the molecule is C[C@@]12CCC(=O)N[C@H]1CCc1cc(Br)ccc12. The minimum Gasteiger partial charge on any atom is -0.352 e. The predicted octanol–water partition coefficient (Wildman–Crippen LogP) is 2.93. The lowest BCUT2D eigenvalue weighted by atomic mass is 9.64. The molecule has 90 valence electrons. The Bertz CT molecular complexity index is 485. The smallest absolute Gasteiger partial charge is 0.220 e. The molecule has 2 atom stereocenters. The highest BCUT2D eigenvalue weighted by atomic mass is 79.9. The molecule has 1 N–H and O–H groups in total. The lowest BCUT2D eigenvalue weighted by Crippen LogP contribution is -2.55. The third kappa shape index (κ3) is 1.71. The number of halogens is 1. The van der Waals surface area contributed by atoms with Gasteiger partial charge >= 0.3 is 0 Å². The molecule has 1 aliphatic heterocycles. The zero-order chi connectivity index (χ0) is 12.0. The second kappa shape index (κ2) is 3.84. The molecule has 1 heterocycles. The maximum atomic E-state index is 11.5. The molecule has 1 amide bonds. The van der Waals surface area contributed by atoms with Gasteiger partial charge in [-0.1, -0.05) is 28.9 Å². The Labute approximate surface area is 110 Å². The van der Waals surface area contributed by atoms with Crippen molar-refractivity contribution in [3.8, 4) is 0 Å². The zero-order valence-corrected chi connectivity index (χ0v) is 11.5. The molecule has 0 aromatic heterocycles. The summed E-state index contributed by atoms with van der Waals surface area (Å²) in [6.45, 7) is 2.29. The van der Waals surface area contributed by atoms with E-state index < -0.39 is 0 Å². The Morgan fingerprint density at radius 3 is 3.06 bits per heavy atom. The largest absolute Gasteiger partial charge is 0.352 e. The van der Waals surface area contributed by atoms with E-state index in [0.717, 1.165) is 23.7 Å². The summed E-state index contributed by atoms with van der Waals surface area (Å²) in [6.07, 6.45) is 3.75. The molecule has 0 saturated carbocycles. The summed E-state index contributed by atoms with van der Waals surface area (Å²) >= 11 is 3.54. The van der Waals surface area contributed by atoms with Gasteiger partial charge in [-0.15, -0.1) is 0 Å². The summed E-state index contributed by atoms with van der Waals surface area (Å²) in [5, 5.41) is 3.16. The maximum absolute atomic E-state index is 11.5. The fourth-order valence-corrected chi connectivity index (χ4v) is 3.72. The lowest BCUT2D eigenvalue weighted by Gasteiger charge is -2.46. The fourth-order valence-electron chi connectivity index (χ4n) is 3.31. The van der Waals surface area contributed by atoms with Crippen LogP contribution < -0.4 is 5.32 Å². The van der Waals surface area contributed by atoms with E-state index in [2.05, 4.69) is 46.4 Å². The van der Waals surface area contributed by atoms with Gasteiger partial charge in [-0.05, 0) is 42.5 Å². The van der Waals surface area contributed by atoms with E-state index in [1.165, 1.54) is 11.1 Å². The number of benzene rings is 1. The normalized spacial score (nSPS) is 31.4. The monoisotopic (exact) mass is 293 g/mol. The van der Waals surface area contributed by atoms with Crippen molar-refractivity contribution in [3.05, 3.63) is 33.8 Å². The molecular formula is C14H16BrNO. The van der Waals surface area contributed by atoms with E-state index in [1.54, 1.807) is 0 Å². The molecule has 1 saturated heterocycles. The number of carbonyl (C=O) groups excluding carboxylic acids is 1. The maximum Gasteiger partial charge on any atom is 0.220 e. The second-order valence-corrected chi connectivity index (χ2v) is 6.29. The number of amides is 1. The average Bonchev–Trinajstić information content (AvgIpc) is 2.30. The second-order valence-electron chi connectivity index (χ2n) is 5.38. The number of hydrogen-bond donors (Lipinski definition) is 1. The molecule has 1 fully saturated rings. The van der Waals surface area contributed by atoms with E-state index in [1.807, 2.05) is 0 Å². The molecule has 0 spiro atoms. The highest BCUT2D eigenvalue weighted by molar-refractivity contribution is 9.10. The molecule has 2 nitrogen and oxygen atoms in total. The summed E-state index contributed by atoms with van der Waals surface area (Å²) in [4.78, 5) is 11.5. The minimum absolute atomic E-state index is 0.127. The number of aryl methyl sites for hydroxylation is 1. The van der Waals surface area contributed by atoms with Crippen LogP contribution in [-0.4, -0.2) is 11.9 Å². The van der Waals surface area contributed by atoms with Crippen LogP contribution in [0.15, 0.2) is 22.7 Å². The molecule has 1 aliphatic carbocycles. The fraction of sp³-hybridized carbons (Fsp3) is 0.500. The molecule has 3 rings (SSSR count).